The third kappa shape index (κ3) is 4.48. The van der Waals surface area contributed by atoms with Crippen molar-refractivity contribution in [2.75, 3.05) is 27.3 Å². The van der Waals surface area contributed by atoms with Gasteiger partial charge >= 0.3 is 21.5 Å². The van der Waals surface area contributed by atoms with Crippen LogP contribution in [-0.2, 0) is 40.2 Å². The first-order valence-corrected chi connectivity index (χ1v) is 12.8. The maximum atomic E-state index is 13.2. The Labute approximate surface area is 206 Å². The Morgan fingerprint density at radius 2 is 1.89 bits per heavy atom. The predicted octanol–water partition coefficient (Wildman–Crippen LogP) is 2.53. The summed E-state index contributed by atoms with van der Waals surface area (Å²) in [4.78, 5) is 27.0. The highest BCUT2D eigenvalue weighted by atomic mass is 32.2. The molecule has 5 atom stereocenters. The van der Waals surface area contributed by atoms with Gasteiger partial charge in [0.1, 0.15) is 5.92 Å². The molecule has 2 fully saturated rings. The van der Waals surface area contributed by atoms with Gasteiger partial charge in [-0.25, -0.2) is 3.97 Å². The van der Waals surface area contributed by atoms with E-state index in [0.29, 0.717) is 10.9 Å². The van der Waals surface area contributed by atoms with Crippen LogP contribution in [0.3, 0.4) is 0 Å². The van der Waals surface area contributed by atoms with E-state index < -0.39 is 33.7 Å². The zero-order chi connectivity index (χ0) is 26.4. The Bertz CT molecular complexity index is 1260. The summed E-state index contributed by atoms with van der Waals surface area (Å²) < 4.78 is 80.3. The van der Waals surface area contributed by atoms with Crippen molar-refractivity contribution < 1.29 is 45.4 Å². The first kappa shape index (κ1) is 26.4. The lowest BCUT2D eigenvalue weighted by Crippen LogP contribution is -2.58. The van der Waals surface area contributed by atoms with Crippen molar-refractivity contribution in [2.24, 2.45) is 17.8 Å². The number of amides is 1. The van der Waals surface area contributed by atoms with Gasteiger partial charge < -0.3 is 19.1 Å². The summed E-state index contributed by atoms with van der Waals surface area (Å²) in [6.45, 7) is 2.26. The second-order valence-electron chi connectivity index (χ2n) is 9.03. The molecule has 2 aromatic rings. The molecule has 0 radical (unpaired) electrons. The summed E-state index contributed by atoms with van der Waals surface area (Å²) >= 11 is 0. The van der Waals surface area contributed by atoms with Gasteiger partial charge in [-0.3, -0.25) is 9.59 Å². The highest BCUT2D eigenvalue weighted by molar-refractivity contribution is 7.90. The number of carbonyl (C=O) groups excluding carboxylic acids is 2. The van der Waals surface area contributed by atoms with Crippen LogP contribution in [0.25, 0.3) is 10.9 Å². The second-order valence-corrected chi connectivity index (χ2v) is 10.8. The Kier molecular flexibility index (Phi) is 7.10. The molecule has 1 aromatic carbocycles. The number of likely N-dealkylation sites (tertiary alicyclic amines) is 1. The summed E-state index contributed by atoms with van der Waals surface area (Å²) in [6, 6.07) is 5.91. The average Bonchev–Trinajstić information content (AvgIpc) is 3.21. The highest BCUT2D eigenvalue weighted by Gasteiger charge is 2.52. The zero-order valence-corrected chi connectivity index (χ0v) is 20.7. The van der Waals surface area contributed by atoms with E-state index in [-0.39, 0.29) is 59.3 Å². The number of halogens is 3. The minimum absolute atomic E-state index is 0.0577. The number of hydrogen-bond donors (Lipinski definition) is 0. The van der Waals surface area contributed by atoms with Crippen LogP contribution in [0.1, 0.15) is 18.9 Å². The van der Waals surface area contributed by atoms with E-state index in [1.165, 1.54) is 26.4 Å². The zero-order valence-electron chi connectivity index (χ0n) is 19.9. The molecule has 0 saturated carbocycles. The van der Waals surface area contributed by atoms with Crippen molar-refractivity contribution in [1.29, 1.82) is 0 Å². The van der Waals surface area contributed by atoms with Crippen molar-refractivity contribution >= 4 is 32.8 Å². The van der Waals surface area contributed by atoms with Crippen LogP contribution >= 0.6 is 0 Å². The van der Waals surface area contributed by atoms with Crippen molar-refractivity contribution in [1.82, 2.24) is 8.87 Å². The van der Waals surface area contributed by atoms with Crippen LogP contribution in [0.2, 0.25) is 0 Å². The predicted molar refractivity (Wildman–Crippen MR) is 121 cm³/mol. The van der Waals surface area contributed by atoms with Crippen molar-refractivity contribution in [3.63, 3.8) is 0 Å². The van der Waals surface area contributed by atoms with Crippen LogP contribution in [0.15, 0.2) is 30.5 Å². The van der Waals surface area contributed by atoms with Gasteiger partial charge in [0, 0.05) is 44.1 Å². The number of para-hydroxylation sites is 1. The normalized spacial score (nSPS) is 27.2. The lowest BCUT2D eigenvalue weighted by atomic mass is 9.71. The number of alkyl halides is 3. The Morgan fingerprint density at radius 1 is 1.19 bits per heavy atom. The van der Waals surface area contributed by atoms with E-state index in [1.54, 1.807) is 17.0 Å². The Morgan fingerprint density at radius 3 is 2.53 bits per heavy atom. The molecule has 3 heterocycles. The molecule has 198 valence electrons. The van der Waals surface area contributed by atoms with Gasteiger partial charge in [-0.1, -0.05) is 18.2 Å². The number of ether oxygens (including phenoxy) is 3. The largest absolute Gasteiger partial charge is 0.517 e. The topological polar surface area (TPSA) is 104 Å². The van der Waals surface area contributed by atoms with E-state index >= 15 is 0 Å². The standard InChI is InChI=1S/C23H27F3N2O7S/c1-13-17-12-27(19(29)10-16(17)20(21(30)33-2)22(34-3)35-13)9-8-14-11-28(36(31,32)23(24,25)26)18-7-5-4-6-15(14)18/h4-7,11,13,16-17,20,22H,8-10,12H2,1-3H3/t13-,16-,17+,20?,22?/m0/s1. The molecule has 4 rings (SSSR count). The molecule has 36 heavy (non-hydrogen) atoms. The van der Waals surface area contributed by atoms with Crippen LogP contribution in [0.4, 0.5) is 13.2 Å². The maximum absolute atomic E-state index is 13.2. The lowest BCUT2D eigenvalue weighted by molar-refractivity contribution is -0.250. The second kappa shape index (κ2) is 9.67. The summed E-state index contributed by atoms with van der Waals surface area (Å²) in [6.07, 6.45) is 0.000834. The van der Waals surface area contributed by atoms with E-state index in [4.69, 9.17) is 14.2 Å². The van der Waals surface area contributed by atoms with Crippen LogP contribution in [-0.4, -0.2) is 74.4 Å². The van der Waals surface area contributed by atoms with Crippen molar-refractivity contribution in [2.45, 2.75) is 37.7 Å². The molecule has 0 N–H and O–H groups in total. The number of fused-ring (bicyclic) bond motifs is 2. The molecule has 9 nitrogen and oxygen atoms in total. The monoisotopic (exact) mass is 532 g/mol. The fourth-order valence-electron chi connectivity index (χ4n) is 5.29. The van der Waals surface area contributed by atoms with Gasteiger partial charge in [-0.15, -0.1) is 0 Å². The number of rotatable bonds is 6. The first-order chi connectivity index (χ1) is 16.9. The SMILES string of the molecule is COC(=O)C1C(OC)O[C@@H](C)[C@H]2CN(CCc3cn(S(=O)(=O)C(F)(F)F)c4ccccc34)C(=O)C[C@H]12. The van der Waals surface area contributed by atoms with Gasteiger partial charge in [0.2, 0.25) is 5.91 Å². The fraction of sp³-hybridized carbons (Fsp3) is 0.565. The maximum Gasteiger partial charge on any atom is 0.517 e. The number of hydrogen-bond acceptors (Lipinski definition) is 7. The van der Waals surface area contributed by atoms with Gasteiger partial charge in [0.25, 0.3) is 0 Å². The summed E-state index contributed by atoms with van der Waals surface area (Å²) in [5, 5.41) is 0.357. The van der Waals surface area contributed by atoms with Gasteiger partial charge in [-0.05, 0) is 30.9 Å². The fourth-order valence-corrected chi connectivity index (χ4v) is 6.19. The third-order valence-corrected chi connectivity index (χ3v) is 8.52. The van der Waals surface area contributed by atoms with Crippen LogP contribution in [0.5, 0.6) is 0 Å². The summed E-state index contributed by atoms with van der Waals surface area (Å²) in [5.74, 6) is -2.05. The molecule has 0 spiro atoms. The summed E-state index contributed by atoms with van der Waals surface area (Å²) in [5.41, 5.74) is -5.18. The average molecular weight is 533 g/mol. The van der Waals surface area contributed by atoms with Gasteiger partial charge in [0.15, 0.2) is 6.29 Å². The number of carbonyl (C=O) groups is 2. The quantitative estimate of drug-likeness (QED) is 0.527. The molecule has 2 saturated heterocycles. The van der Waals surface area contributed by atoms with E-state index in [1.807, 2.05) is 6.92 Å². The number of piperidine rings is 1. The van der Waals surface area contributed by atoms with Crippen molar-refractivity contribution in [3.05, 3.63) is 36.0 Å². The van der Waals surface area contributed by atoms with E-state index in [0.717, 1.165) is 6.20 Å². The molecule has 1 amide bonds. The molecule has 2 unspecified atom stereocenters. The molecule has 2 aliphatic heterocycles. The van der Waals surface area contributed by atoms with Gasteiger partial charge in [-0.2, -0.15) is 21.6 Å². The number of nitrogens with zero attached hydrogens (tertiary/aromatic N) is 2. The molecule has 0 aliphatic carbocycles. The number of benzene rings is 1. The van der Waals surface area contributed by atoms with Crippen molar-refractivity contribution in [3.8, 4) is 0 Å². The number of esters is 1. The first-order valence-electron chi connectivity index (χ1n) is 11.3. The smallest absolute Gasteiger partial charge is 0.469 e. The molecule has 0 bridgehead atoms. The summed E-state index contributed by atoms with van der Waals surface area (Å²) in [7, 11) is -2.94. The van der Waals surface area contributed by atoms with E-state index in [2.05, 4.69) is 0 Å². The molecular formula is C23H27F3N2O7S. The lowest BCUT2D eigenvalue weighted by Gasteiger charge is -2.49. The molecule has 2 aliphatic rings. The third-order valence-electron chi connectivity index (χ3n) is 7.12. The van der Waals surface area contributed by atoms with Gasteiger partial charge in [0.05, 0.1) is 18.7 Å². The minimum atomic E-state index is -5.62. The Balaban J connectivity index is 1.57. The molecule has 1 aromatic heterocycles. The number of methoxy groups -OCH3 is 2. The van der Waals surface area contributed by atoms with Crippen LogP contribution < -0.4 is 0 Å². The molecular weight excluding hydrogens is 505 g/mol. The minimum Gasteiger partial charge on any atom is -0.469 e. The highest BCUT2D eigenvalue weighted by Crippen LogP contribution is 2.42. The number of aromatic nitrogens is 1. The Hall–Kier alpha value is -2.64. The van der Waals surface area contributed by atoms with E-state index in [9.17, 15) is 31.2 Å². The van der Waals surface area contributed by atoms with Crippen LogP contribution in [0, 0.1) is 17.8 Å². The molecule has 13 heteroatoms.